The average molecular weight is 578 g/mol. The lowest BCUT2D eigenvalue weighted by molar-refractivity contribution is 0.825. The number of hydrogen-bond acceptors (Lipinski definition) is 2. The van der Waals surface area contributed by atoms with E-state index in [2.05, 4.69) is 155 Å². The smallest absolute Gasteiger partial charge is 0.0968 e. The molecule has 3 heteroatoms. The molecule has 1 aliphatic heterocycles. The highest BCUT2D eigenvalue weighted by Crippen LogP contribution is 2.52. The monoisotopic (exact) mass is 577 g/mol. The second-order valence-corrected chi connectivity index (χ2v) is 12.7. The van der Waals surface area contributed by atoms with E-state index < -0.39 is 0 Å². The van der Waals surface area contributed by atoms with Crippen molar-refractivity contribution in [3.63, 3.8) is 0 Å². The van der Waals surface area contributed by atoms with Crippen molar-refractivity contribution in [2.45, 2.75) is 18.9 Å². The summed E-state index contributed by atoms with van der Waals surface area (Å²) in [6, 6.07) is 39.8. The molecule has 0 amide bonds. The summed E-state index contributed by atoms with van der Waals surface area (Å²) in [6.45, 7) is 0. The van der Waals surface area contributed by atoms with Gasteiger partial charge in [-0.1, -0.05) is 121 Å². The molecule has 4 aromatic carbocycles. The summed E-state index contributed by atoms with van der Waals surface area (Å²) >= 11 is 0. The molecular weight excluding hydrogens is 546 g/mol. The van der Waals surface area contributed by atoms with E-state index in [9.17, 15) is 0 Å². The summed E-state index contributed by atoms with van der Waals surface area (Å²) in [5.41, 5.74) is 13.1. The standard InChI is InChI=1S/C42H31N3/c1-2-12-27(13-3-1)35-26-40(44-36-18-8-4-14-31(36)32-15-5-9-19-37(32)44)42(41(43-35)29-23-22-28-24-30(28)25-29)45-38-20-10-6-16-33(38)34-17-7-11-21-39(34)45/h1-18,20-23,25-26,28,30,37H,19,24H2. The molecule has 214 valence electrons. The molecule has 0 spiro atoms. The Labute approximate surface area is 262 Å². The summed E-state index contributed by atoms with van der Waals surface area (Å²) in [7, 11) is 0. The summed E-state index contributed by atoms with van der Waals surface area (Å²) in [5, 5.41) is 2.52. The molecule has 0 radical (unpaired) electrons. The van der Waals surface area contributed by atoms with Crippen LogP contribution in [-0.2, 0) is 0 Å². The van der Waals surface area contributed by atoms with Crippen LogP contribution in [0.1, 0.15) is 24.1 Å². The molecule has 45 heavy (non-hydrogen) atoms. The molecule has 0 saturated heterocycles. The molecule has 0 bridgehead atoms. The highest BCUT2D eigenvalue weighted by atomic mass is 15.2. The fraction of sp³-hybridized carbons (Fsp3) is 0.119. The molecule has 3 aliphatic carbocycles. The zero-order chi connectivity index (χ0) is 29.5. The zero-order valence-electron chi connectivity index (χ0n) is 24.8. The van der Waals surface area contributed by atoms with Crippen molar-refractivity contribution in [2.24, 2.45) is 11.8 Å². The van der Waals surface area contributed by atoms with Gasteiger partial charge in [0.05, 0.1) is 39.8 Å². The summed E-state index contributed by atoms with van der Waals surface area (Å²) in [5.74, 6) is 1.28. The van der Waals surface area contributed by atoms with Crippen LogP contribution in [0.5, 0.6) is 0 Å². The van der Waals surface area contributed by atoms with E-state index in [4.69, 9.17) is 4.98 Å². The minimum absolute atomic E-state index is 0.210. The zero-order valence-corrected chi connectivity index (χ0v) is 24.8. The maximum atomic E-state index is 5.59. The Hall–Kier alpha value is -5.41. The van der Waals surface area contributed by atoms with E-state index >= 15 is 0 Å². The number of benzene rings is 4. The Balaban J connectivity index is 1.37. The lowest BCUT2D eigenvalue weighted by Crippen LogP contribution is -2.28. The van der Waals surface area contributed by atoms with Crippen molar-refractivity contribution >= 4 is 44.3 Å². The predicted molar refractivity (Wildman–Crippen MR) is 187 cm³/mol. The third kappa shape index (κ3) is 3.74. The normalized spacial score (nSPS) is 21.0. The second-order valence-electron chi connectivity index (χ2n) is 12.7. The Morgan fingerprint density at radius 3 is 2.24 bits per heavy atom. The molecule has 3 heterocycles. The van der Waals surface area contributed by atoms with Crippen LogP contribution in [0, 0.1) is 11.8 Å². The molecule has 3 nitrogen and oxygen atoms in total. The van der Waals surface area contributed by atoms with E-state index in [-0.39, 0.29) is 6.04 Å². The van der Waals surface area contributed by atoms with Crippen LogP contribution >= 0.6 is 0 Å². The Bertz CT molecular complexity index is 2240. The van der Waals surface area contributed by atoms with Gasteiger partial charge < -0.3 is 9.47 Å². The molecule has 4 aliphatic rings. The van der Waals surface area contributed by atoms with Gasteiger partial charge in [0, 0.05) is 27.6 Å². The van der Waals surface area contributed by atoms with Crippen LogP contribution < -0.4 is 4.90 Å². The molecule has 6 aromatic rings. The van der Waals surface area contributed by atoms with Gasteiger partial charge in [-0.3, -0.25) is 0 Å². The number of anilines is 2. The van der Waals surface area contributed by atoms with E-state index in [1.165, 1.54) is 56.3 Å². The van der Waals surface area contributed by atoms with Crippen LogP contribution in [0.25, 0.3) is 49.9 Å². The maximum Gasteiger partial charge on any atom is 0.0968 e. The summed E-state index contributed by atoms with van der Waals surface area (Å²) < 4.78 is 2.49. The largest absolute Gasteiger partial charge is 0.331 e. The van der Waals surface area contributed by atoms with E-state index in [0.717, 1.165) is 29.1 Å². The topological polar surface area (TPSA) is 21.1 Å². The minimum atomic E-state index is 0.210. The number of hydrogen-bond donors (Lipinski definition) is 0. The number of aromatic nitrogens is 2. The summed E-state index contributed by atoms with van der Waals surface area (Å²) in [6.07, 6.45) is 16.3. The fourth-order valence-electron chi connectivity index (χ4n) is 7.89. The Morgan fingerprint density at radius 2 is 1.44 bits per heavy atom. The van der Waals surface area contributed by atoms with Crippen LogP contribution in [0.2, 0.25) is 0 Å². The number of nitrogens with zero attached hydrogens (tertiary/aromatic N) is 3. The molecule has 10 rings (SSSR count). The maximum absolute atomic E-state index is 5.59. The minimum Gasteiger partial charge on any atom is -0.331 e. The van der Waals surface area contributed by atoms with Gasteiger partial charge in [-0.25, -0.2) is 4.98 Å². The first kappa shape index (κ1) is 25.0. The highest BCUT2D eigenvalue weighted by Gasteiger charge is 2.39. The molecule has 3 unspecified atom stereocenters. The first-order valence-corrected chi connectivity index (χ1v) is 16.1. The number of pyridine rings is 1. The van der Waals surface area contributed by atoms with Crippen molar-refractivity contribution in [3.8, 4) is 16.9 Å². The number of allylic oxidation sites excluding steroid dienone is 6. The first-order chi connectivity index (χ1) is 22.3. The van der Waals surface area contributed by atoms with E-state index in [1.807, 2.05) is 0 Å². The SMILES string of the molecule is C1=CCC2C(=C1)c1ccccc1N2c1cc(-c2ccccc2)nc(C2=CC3CC3C=C2)c1-n1c2ccccc2c2ccccc21. The van der Waals surface area contributed by atoms with Gasteiger partial charge in [-0.15, -0.1) is 0 Å². The van der Waals surface area contributed by atoms with Crippen LogP contribution in [-0.4, -0.2) is 15.6 Å². The second kappa shape index (κ2) is 9.54. The highest BCUT2D eigenvalue weighted by molar-refractivity contribution is 6.10. The summed E-state index contributed by atoms with van der Waals surface area (Å²) in [4.78, 5) is 8.19. The van der Waals surface area contributed by atoms with Gasteiger partial charge >= 0.3 is 0 Å². The van der Waals surface area contributed by atoms with Gasteiger partial charge in [0.1, 0.15) is 0 Å². The number of fused-ring (bicyclic) bond motifs is 7. The van der Waals surface area contributed by atoms with Gasteiger partial charge in [0.15, 0.2) is 0 Å². The predicted octanol–water partition coefficient (Wildman–Crippen LogP) is 10.3. The quantitative estimate of drug-likeness (QED) is 0.208. The average Bonchev–Trinajstić information content (AvgIpc) is 3.71. The van der Waals surface area contributed by atoms with Crippen molar-refractivity contribution in [2.75, 3.05) is 4.90 Å². The van der Waals surface area contributed by atoms with Crippen molar-refractivity contribution in [3.05, 3.63) is 157 Å². The lowest BCUT2D eigenvalue weighted by atomic mass is 9.95. The van der Waals surface area contributed by atoms with Crippen molar-refractivity contribution in [1.29, 1.82) is 0 Å². The Morgan fingerprint density at radius 1 is 0.711 bits per heavy atom. The number of para-hydroxylation sites is 3. The first-order valence-electron chi connectivity index (χ1n) is 16.1. The molecule has 1 fully saturated rings. The molecular formula is C42H31N3. The van der Waals surface area contributed by atoms with Crippen molar-refractivity contribution < 1.29 is 0 Å². The lowest BCUT2D eigenvalue weighted by Gasteiger charge is -2.32. The molecule has 0 N–H and O–H groups in total. The Kier molecular flexibility index (Phi) is 5.30. The molecule has 1 saturated carbocycles. The third-order valence-electron chi connectivity index (χ3n) is 10.1. The third-order valence-corrected chi connectivity index (χ3v) is 10.1. The van der Waals surface area contributed by atoms with E-state index in [0.29, 0.717) is 11.8 Å². The van der Waals surface area contributed by atoms with Gasteiger partial charge in [-0.05, 0) is 60.1 Å². The fourth-order valence-corrected chi connectivity index (χ4v) is 7.89. The van der Waals surface area contributed by atoms with Crippen LogP contribution in [0.15, 0.2) is 146 Å². The van der Waals surface area contributed by atoms with Gasteiger partial charge in [0.25, 0.3) is 0 Å². The van der Waals surface area contributed by atoms with Gasteiger partial charge in [0.2, 0.25) is 0 Å². The van der Waals surface area contributed by atoms with Crippen molar-refractivity contribution in [1.82, 2.24) is 9.55 Å². The molecule has 2 aromatic heterocycles. The number of rotatable bonds is 4. The van der Waals surface area contributed by atoms with Crippen LogP contribution in [0.4, 0.5) is 11.4 Å². The van der Waals surface area contributed by atoms with E-state index in [1.54, 1.807) is 0 Å². The van der Waals surface area contributed by atoms with Gasteiger partial charge in [-0.2, -0.15) is 0 Å². The van der Waals surface area contributed by atoms with Crippen LogP contribution in [0.3, 0.4) is 0 Å². The molecule has 3 atom stereocenters.